The van der Waals surface area contributed by atoms with E-state index in [0.717, 1.165) is 52.8 Å². The summed E-state index contributed by atoms with van der Waals surface area (Å²) in [6, 6.07) is 17.0. The molecule has 0 aliphatic carbocycles. The topological polar surface area (TPSA) is 73.9 Å². The second-order valence-corrected chi connectivity index (χ2v) is 8.89. The molecule has 0 bridgehead atoms. The molecule has 4 rings (SSSR count). The van der Waals surface area contributed by atoms with Gasteiger partial charge in [-0.3, -0.25) is 0 Å². The van der Waals surface area contributed by atoms with Crippen LogP contribution in [0.25, 0.3) is 5.57 Å². The molecular weight excluding hydrogens is 420 g/mol. The first-order chi connectivity index (χ1) is 16.5. The van der Waals surface area contributed by atoms with E-state index < -0.39 is 0 Å². The number of nitrogens with one attached hydrogen (secondary N) is 4. The van der Waals surface area contributed by atoms with Gasteiger partial charge in [-0.1, -0.05) is 36.4 Å². The fourth-order valence-electron chi connectivity index (χ4n) is 4.23. The van der Waals surface area contributed by atoms with Crippen LogP contribution in [-0.4, -0.2) is 30.1 Å². The van der Waals surface area contributed by atoms with E-state index in [1.54, 1.807) is 6.33 Å². The average Bonchev–Trinajstić information content (AvgIpc) is 2.88. The van der Waals surface area contributed by atoms with Gasteiger partial charge in [0.05, 0.1) is 5.56 Å². The number of rotatable bonds is 8. The molecule has 3 aromatic rings. The lowest BCUT2D eigenvalue weighted by molar-refractivity contribution is 0.460. The minimum absolute atomic E-state index is 0.628. The molecule has 2 aromatic carbocycles. The summed E-state index contributed by atoms with van der Waals surface area (Å²) in [5, 5.41) is 13.4. The van der Waals surface area contributed by atoms with Crippen LogP contribution in [0.15, 0.2) is 73.2 Å². The van der Waals surface area contributed by atoms with Crippen LogP contribution in [0.5, 0.6) is 0 Å². The van der Waals surface area contributed by atoms with Crippen molar-refractivity contribution >= 4 is 28.6 Å². The quantitative estimate of drug-likeness (QED) is 0.328. The lowest BCUT2D eigenvalue weighted by Gasteiger charge is -2.23. The summed E-state index contributed by atoms with van der Waals surface area (Å²) in [5.74, 6) is 2.09. The van der Waals surface area contributed by atoms with Crippen molar-refractivity contribution in [2.24, 2.45) is 0 Å². The van der Waals surface area contributed by atoms with Crippen molar-refractivity contribution in [2.45, 2.75) is 32.6 Å². The van der Waals surface area contributed by atoms with Gasteiger partial charge < -0.3 is 21.3 Å². The summed E-state index contributed by atoms with van der Waals surface area (Å²) in [4.78, 5) is 8.99. The third-order valence-corrected chi connectivity index (χ3v) is 6.13. The first-order valence-corrected chi connectivity index (χ1v) is 11.8. The monoisotopic (exact) mass is 454 g/mol. The summed E-state index contributed by atoms with van der Waals surface area (Å²) in [6.07, 6.45) is 5.93. The molecule has 0 radical (unpaired) electrons. The molecule has 0 unspecified atom stereocenters. The van der Waals surface area contributed by atoms with Crippen LogP contribution in [0.1, 0.15) is 49.3 Å². The van der Waals surface area contributed by atoms with E-state index in [4.69, 9.17) is 0 Å². The Bertz CT molecular complexity index is 1140. The zero-order chi connectivity index (χ0) is 23.9. The Morgan fingerprint density at radius 1 is 0.941 bits per heavy atom. The summed E-state index contributed by atoms with van der Waals surface area (Å²) in [7, 11) is 1.87. The lowest BCUT2D eigenvalue weighted by atomic mass is 9.89. The van der Waals surface area contributed by atoms with Crippen LogP contribution in [-0.2, 0) is 0 Å². The Morgan fingerprint density at radius 3 is 2.24 bits per heavy atom. The molecule has 1 fully saturated rings. The number of hydrogen-bond donors (Lipinski definition) is 4. The van der Waals surface area contributed by atoms with Gasteiger partial charge in [-0.2, -0.15) is 0 Å². The fourth-order valence-corrected chi connectivity index (χ4v) is 4.23. The van der Waals surface area contributed by atoms with Gasteiger partial charge in [-0.15, -0.1) is 0 Å². The van der Waals surface area contributed by atoms with E-state index in [1.807, 2.05) is 37.5 Å². The van der Waals surface area contributed by atoms with Crippen molar-refractivity contribution in [3.63, 3.8) is 0 Å². The third kappa shape index (κ3) is 5.64. The predicted octanol–water partition coefficient (Wildman–Crippen LogP) is 6.13. The molecule has 0 atom stereocenters. The SMILES string of the molecule is C=C(c1ccc(C2CCNCC2)cc1)c1c(NC)ncnc1Nc1ccc(NC=C(C)C)cc1. The summed E-state index contributed by atoms with van der Waals surface area (Å²) in [6.45, 7) is 10.7. The molecule has 1 aliphatic rings. The van der Waals surface area contributed by atoms with Crippen molar-refractivity contribution in [3.8, 4) is 0 Å². The second kappa shape index (κ2) is 11.0. The molecule has 0 saturated carbocycles. The molecule has 34 heavy (non-hydrogen) atoms. The minimum atomic E-state index is 0.628. The van der Waals surface area contributed by atoms with E-state index >= 15 is 0 Å². The zero-order valence-electron chi connectivity index (χ0n) is 20.3. The number of piperidine rings is 1. The highest BCUT2D eigenvalue weighted by atomic mass is 15.1. The molecule has 6 nitrogen and oxygen atoms in total. The summed E-state index contributed by atoms with van der Waals surface area (Å²) in [5.41, 5.74) is 7.40. The van der Waals surface area contributed by atoms with Crippen molar-refractivity contribution in [2.75, 3.05) is 36.1 Å². The fraction of sp³-hybridized carbons (Fsp3) is 0.286. The largest absolute Gasteiger partial charge is 0.372 e. The van der Waals surface area contributed by atoms with Crippen LogP contribution < -0.4 is 21.3 Å². The predicted molar refractivity (Wildman–Crippen MR) is 144 cm³/mol. The van der Waals surface area contributed by atoms with E-state index in [1.165, 1.54) is 24.0 Å². The molecule has 0 amide bonds. The molecule has 1 aromatic heterocycles. The van der Waals surface area contributed by atoms with E-state index in [0.29, 0.717) is 5.92 Å². The van der Waals surface area contributed by atoms with E-state index in [-0.39, 0.29) is 0 Å². The van der Waals surface area contributed by atoms with Gasteiger partial charge in [0.1, 0.15) is 18.0 Å². The van der Waals surface area contributed by atoms with Crippen molar-refractivity contribution < 1.29 is 0 Å². The van der Waals surface area contributed by atoms with Gasteiger partial charge in [0, 0.05) is 18.4 Å². The number of hydrogen-bond acceptors (Lipinski definition) is 6. The maximum atomic E-state index is 4.55. The molecule has 6 heteroatoms. The lowest BCUT2D eigenvalue weighted by Crippen LogP contribution is -2.26. The maximum Gasteiger partial charge on any atom is 0.143 e. The molecule has 0 spiro atoms. The van der Waals surface area contributed by atoms with Gasteiger partial charge in [0.25, 0.3) is 0 Å². The van der Waals surface area contributed by atoms with Gasteiger partial charge >= 0.3 is 0 Å². The number of anilines is 4. The van der Waals surface area contributed by atoms with Crippen LogP contribution in [0.3, 0.4) is 0 Å². The molecular formula is C28H34N6. The number of allylic oxidation sites excluding steroid dienone is 1. The normalized spacial score (nSPS) is 13.7. The van der Waals surface area contributed by atoms with Crippen LogP contribution in [0.4, 0.5) is 23.0 Å². The van der Waals surface area contributed by atoms with Gasteiger partial charge in [-0.05, 0) is 92.9 Å². The first-order valence-electron chi connectivity index (χ1n) is 11.8. The second-order valence-electron chi connectivity index (χ2n) is 8.89. The van der Waals surface area contributed by atoms with Gasteiger partial charge in [0.2, 0.25) is 0 Å². The Labute approximate surface area is 202 Å². The minimum Gasteiger partial charge on any atom is -0.372 e. The van der Waals surface area contributed by atoms with Crippen LogP contribution >= 0.6 is 0 Å². The van der Waals surface area contributed by atoms with Crippen LogP contribution in [0.2, 0.25) is 0 Å². The third-order valence-electron chi connectivity index (χ3n) is 6.13. The Hall–Kier alpha value is -3.64. The standard InChI is InChI=1S/C28H34N6/c1-19(2)17-31-24-9-11-25(12-10-24)34-28-26(27(29-4)32-18-33-28)20(3)21-5-7-22(8-6-21)23-13-15-30-16-14-23/h5-12,17-18,23,30-31H,3,13-16H2,1-2,4H3,(H2,29,32,33,34). The molecule has 1 saturated heterocycles. The summed E-state index contributed by atoms with van der Waals surface area (Å²) >= 11 is 0. The number of aromatic nitrogens is 2. The van der Waals surface area contributed by atoms with Crippen molar-refractivity contribution in [1.29, 1.82) is 0 Å². The molecule has 2 heterocycles. The highest BCUT2D eigenvalue weighted by Crippen LogP contribution is 2.34. The average molecular weight is 455 g/mol. The molecule has 4 N–H and O–H groups in total. The summed E-state index contributed by atoms with van der Waals surface area (Å²) < 4.78 is 0. The number of benzene rings is 2. The molecule has 1 aliphatic heterocycles. The highest BCUT2D eigenvalue weighted by molar-refractivity contribution is 5.90. The van der Waals surface area contributed by atoms with E-state index in [9.17, 15) is 0 Å². The van der Waals surface area contributed by atoms with Gasteiger partial charge in [-0.25, -0.2) is 9.97 Å². The Morgan fingerprint density at radius 2 is 1.59 bits per heavy atom. The van der Waals surface area contributed by atoms with Crippen molar-refractivity contribution in [1.82, 2.24) is 15.3 Å². The van der Waals surface area contributed by atoms with E-state index in [2.05, 4.69) is 75.9 Å². The van der Waals surface area contributed by atoms with Crippen molar-refractivity contribution in [3.05, 3.63) is 89.9 Å². The highest BCUT2D eigenvalue weighted by Gasteiger charge is 2.18. The Balaban J connectivity index is 1.57. The maximum absolute atomic E-state index is 4.55. The zero-order valence-corrected chi connectivity index (χ0v) is 20.3. The number of nitrogens with zero attached hydrogens (tertiary/aromatic N) is 2. The van der Waals surface area contributed by atoms with Gasteiger partial charge in [0.15, 0.2) is 0 Å². The smallest absolute Gasteiger partial charge is 0.143 e. The molecule has 176 valence electrons. The van der Waals surface area contributed by atoms with Crippen LogP contribution in [0, 0.1) is 0 Å². The Kier molecular flexibility index (Phi) is 7.60. The first kappa shape index (κ1) is 23.5.